The zero-order valence-electron chi connectivity index (χ0n) is 11.5. The molecule has 0 spiro atoms. The first-order chi connectivity index (χ1) is 9.90. The van der Waals surface area contributed by atoms with Crippen molar-refractivity contribution in [3.05, 3.63) is 44.5 Å². The summed E-state index contributed by atoms with van der Waals surface area (Å²) >= 11 is 2.75. The predicted octanol–water partition coefficient (Wildman–Crippen LogP) is 2.97. The van der Waals surface area contributed by atoms with Crippen LogP contribution in [0.3, 0.4) is 0 Å². The molecule has 0 radical (unpaired) electrons. The molecule has 0 aromatic carbocycles. The van der Waals surface area contributed by atoms with Crippen molar-refractivity contribution in [3.8, 4) is 0 Å². The summed E-state index contributed by atoms with van der Waals surface area (Å²) in [4.78, 5) is 27.6. The van der Waals surface area contributed by atoms with E-state index >= 15 is 0 Å². The highest BCUT2D eigenvalue weighted by atomic mass is 32.1. The summed E-state index contributed by atoms with van der Waals surface area (Å²) in [5.74, 6) is -1.29. The van der Waals surface area contributed by atoms with E-state index in [2.05, 4.69) is 10.3 Å². The van der Waals surface area contributed by atoms with E-state index in [-0.39, 0.29) is 5.91 Å². The molecule has 2 rings (SSSR count). The molecule has 7 heteroatoms. The van der Waals surface area contributed by atoms with Crippen LogP contribution in [0, 0.1) is 0 Å². The third-order valence-corrected chi connectivity index (χ3v) is 4.73. The molecule has 0 aliphatic carbocycles. The highest BCUT2D eigenvalue weighted by molar-refractivity contribution is 7.12. The number of aliphatic carboxylic acids is 1. The maximum absolute atomic E-state index is 12.4. The number of carbonyl (C=O) groups excluding carboxylic acids is 1. The van der Waals surface area contributed by atoms with Crippen LogP contribution in [0.4, 0.5) is 0 Å². The lowest BCUT2D eigenvalue weighted by Crippen LogP contribution is -2.40. The molecule has 5 nitrogen and oxygen atoms in total. The number of nitrogens with zero attached hydrogens (tertiary/aromatic N) is 1. The van der Waals surface area contributed by atoms with Gasteiger partial charge in [0, 0.05) is 17.7 Å². The number of carbonyl (C=O) groups is 2. The Balaban J connectivity index is 2.18. The second-order valence-electron chi connectivity index (χ2n) is 4.79. The van der Waals surface area contributed by atoms with E-state index in [1.165, 1.54) is 28.7 Å². The van der Waals surface area contributed by atoms with E-state index in [4.69, 9.17) is 5.11 Å². The van der Waals surface area contributed by atoms with Gasteiger partial charge in [0.25, 0.3) is 5.91 Å². The van der Waals surface area contributed by atoms with Crippen LogP contribution in [-0.2, 0) is 10.3 Å². The van der Waals surface area contributed by atoms with E-state index in [0.29, 0.717) is 10.4 Å². The van der Waals surface area contributed by atoms with Crippen molar-refractivity contribution < 1.29 is 14.7 Å². The molecule has 0 aliphatic rings. The van der Waals surface area contributed by atoms with Gasteiger partial charge in [-0.2, -0.15) is 0 Å². The van der Waals surface area contributed by atoms with E-state index in [1.807, 2.05) is 19.2 Å². The van der Waals surface area contributed by atoms with Gasteiger partial charge in [0.1, 0.15) is 5.01 Å². The van der Waals surface area contributed by atoms with Crippen molar-refractivity contribution >= 4 is 40.6 Å². The second-order valence-corrected chi connectivity index (χ2v) is 6.60. The van der Waals surface area contributed by atoms with Gasteiger partial charge >= 0.3 is 5.97 Å². The van der Waals surface area contributed by atoms with Crippen LogP contribution < -0.4 is 5.32 Å². The van der Waals surface area contributed by atoms with E-state index in [0.717, 1.165) is 11.1 Å². The average molecular weight is 322 g/mol. The van der Waals surface area contributed by atoms with Crippen LogP contribution in [-0.4, -0.2) is 22.0 Å². The van der Waals surface area contributed by atoms with Crippen molar-refractivity contribution in [3.63, 3.8) is 0 Å². The summed E-state index contributed by atoms with van der Waals surface area (Å²) in [5.41, 5.74) is 0.0121. The number of carboxylic acids is 1. The number of amides is 1. The van der Waals surface area contributed by atoms with Gasteiger partial charge in [-0.15, -0.1) is 22.7 Å². The van der Waals surface area contributed by atoms with Crippen molar-refractivity contribution in [1.29, 1.82) is 0 Å². The third-order valence-electron chi connectivity index (χ3n) is 2.70. The minimum Gasteiger partial charge on any atom is -0.478 e. The van der Waals surface area contributed by atoms with Crippen LogP contribution in [0.25, 0.3) is 6.08 Å². The number of aromatic nitrogens is 1. The van der Waals surface area contributed by atoms with Gasteiger partial charge in [0.05, 0.1) is 10.4 Å². The van der Waals surface area contributed by atoms with E-state index < -0.39 is 11.5 Å². The molecular weight excluding hydrogens is 308 g/mol. The molecule has 0 atom stereocenters. The molecule has 2 aromatic rings. The number of thiazole rings is 1. The Labute approximate surface area is 130 Å². The molecule has 2 N–H and O–H groups in total. The number of thiophene rings is 1. The van der Waals surface area contributed by atoms with Crippen LogP contribution in [0.15, 0.2) is 29.1 Å². The number of rotatable bonds is 5. The molecule has 0 unspecified atom stereocenters. The standard InChI is InChI=1S/C14H14N2O3S2/c1-14(2,13-15-6-8-21-13)16-12(19)11-9(5-7-20-11)3-4-10(17)18/h3-8H,1-2H3,(H,16,19)(H,17,18)/b4-3+. The largest absolute Gasteiger partial charge is 0.478 e. The minimum absolute atomic E-state index is 0.241. The van der Waals surface area contributed by atoms with E-state index in [1.54, 1.807) is 17.6 Å². The molecule has 0 bridgehead atoms. The summed E-state index contributed by atoms with van der Waals surface area (Å²) in [6.07, 6.45) is 4.13. The van der Waals surface area contributed by atoms with Crippen molar-refractivity contribution in [2.24, 2.45) is 0 Å². The molecule has 110 valence electrons. The number of carboxylic acid groups (broad SMARTS) is 1. The number of nitrogens with one attached hydrogen (secondary N) is 1. The minimum atomic E-state index is -1.05. The van der Waals surface area contributed by atoms with Gasteiger partial charge in [0.2, 0.25) is 0 Å². The Kier molecular flexibility index (Phi) is 4.54. The van der Waals surface area contributed by atoms with Gasteiger partial charge < -0.3 is 10.4 Å². The summed E-state index contributed by atoms with van der Waals surface area (Å²) in [5, 5.41) is 16.0. The quantitative estimate of drug-likeness (QED) is 0.830. The lowest BCUT2D eigenvalue weighted by Gasteiger charge is -2.23. The molecule has 21 heavy (non-hydrogen) atoms. The molecule has 2 heterocycles. The Morgan fingerprint density at radius 2 is 2.10 bits per heavy atom. The van der Waals surface area contributed by atoms with Gasteiger partial charge in [0.15, 0.2) is 0 Å². The molecule has 0 saturated heterocycles. The van der Waals surface area contributed by atoms with Crippen LogP contribution in [0.5, 0.6) is 0 Å². The summed E-state index contributed by atoms with van der Waals surface area (Å²) in [6.45, 7) is 3.76. The van der Waals surface area contributed by atoms with Crippen LogP contribution in [0.2, 0.25) is 0 Å². The maximum Gasteiger partial charge on any atom is 0.328 e. The first kappa shape index (κ1) is 15.4. The fraction of sp³-hybridized carbons (Fsp3) is 0.214. The highest BCUT2D eigenvalue weighted by Crippen LogP contribution is 2.25. The molecule has 0 fully saturated rings. The summed E-state index contributed by atoms with van der Waals surface area (Å²) in [7, 11) is 0. The zero-order valence-corrected chi connectivity index (χ0v) is 13.1. The Morgan fingerprint density at radius 1 is 1.33 bits per heavy atom. The Bertz CT molecular complexity index is 672. The first-order valence-electron chi connectivity index (χ1n) is 6.11. The smallest absolute Gasteiger partial charge is 0.328 e. The lowest BCUT2D eigenvalue weighted by atomic mass is 10.1. The zero-order chi connectivity index (χ0) is 15.5. The topological polar surface area (TPSA) is 79.3 Å². The van der Waals surface area contributed by atoms with Gasteiger partial charge in [-0.05, 0) is 36.9 Å². The van der Waals surface area contributed by atoms with Crippen LogP contribution >= 0.6 is 22.7 Å². The third kappa shape index (κ3) is 3.77. The SMILES string of the molecule is CC(C)(NC(=O)c1sccc1/C=C/C(=O)O)c1nccs1. The van der Waals surface area contributed by atoms with Crippen molar-refractivity contribution in [2.75, 3.05) is 0 Å². The van der Waals surface area contributed by atoms with Gasteiger partial charge in [-0.3, -0.25) is 4.79 Å². The normalized spacial score (nSPS) is 11.7. The van der Waals surface area contributed by atoms with Crippen molar-refractivity contribution in [2.45, 2.75) is 19.4 Å². The molecule has 0 saturated carbocycles. The second kappa shape index (κ2) is 6.19. The molecule has 1 amide bonds. The van der Waals surface area contributed by atoms with E-state index in [9.17, 15) is 9.59 Å². The Hall–Kier alpha value is -1.99. The van der Waals surface area contributed by atoms with Gasteiger partial charge in [-0.1, -0.05) is 0 Å². The molecule has 0 aliphatic heterocycles. The fourth-order valence-electron chi connectivity index (χ4n) is 1.72. The number of hydrogen-bond acceptors (Lipinski definition) is 5. The monoisotopic (exact) mass is 322 g/mol. The summed E-state index contributed by atoms with van der Waals surface area (Å²) in [6, 6.07) is 1.72. The lowest BCUT2D eigenvalue weighted by molar-refractivity contribution is -0.131. The van der Waals surface area contributed by atoms with Crippen molar-refractivity contribution in [1.82, 2.24) is 10.3 Å². The number of hydrogen-bond donors (Lipinski definition) is 2. The Morgan fingerprint density at radius 3 is 2.71 bits per heavy atom. The maximum atomic E-state index is 12.4. The highest BCUT2D eigenvalue weighted by Gasteiger charge is 2.27. The molecular formula is C14H14N2O3S2. The fourth-order valence-corrected chi connectivity index (χ4v) is 3.22. The van der Waals surface area contributed by atoms with Crippen LogP contribution in [0.1, 0.15) is 34.1 Å². The summed E-state index contributed by atoms with van der Waals surface area (Å²) < 4.78 is 0. The molecule has 2 aromatic heterocycles. The predicted molar refractivity (Wildman–Crippen MR) is 83.6 cm³/mol. The first-order valence-corrected chi connectivity index (χ1v) is 7.87. The van der Waals surface area contributed by atoms with Gasteiger partial charge in [-0.25, -0.2) is 9.78 Å². The average Bonchev–Trinajstić information content (AvgIpc) is 3.07.